The van der Waals surface area contributed by atoms with E-state index >= 15 is 0 Å². The van der Waals surface area contributed by atoms with Crippen molar-refractivity contribution >= 4 is 29.0 Å². The third-order valence-corrected chi connectivity index (χ3v) is 7.56. The predicted octanol–water partition coefficient (Wildman–Crippen LogP) is 1.47. The molecule has 1 atom stereocenters. The first kappa shape index (κ1) is 26.2. The van der Waals surface area contributed by atoms with Crippen LogP contribution in [0, 0.1) is 5.92 Å². The number of allylic oxidation sites excluding steroid dienone is 3. The Bertz CT molecular complexity index is 1140. The Balaban J connectivity index is 1.43. The van der Waals surface area contributed by atoms with Crippen LogP contribution in [0.3, 0.4) is 0 Å². The van der Waals surface area contributed by atoms with Gasteiger partial charge in [-0.3, -0.25) is 9.59 Å². The van der Waals surface area contributed by atoms with Gasteiger partial charge in [0, 0.05) is 69.7 Å². The highest BCUT2D eigenvalue weighted by Crippen LogP contribution is 2.35. The number of nitrogens with zero attached hydrogens (tertiary/aromatic N) is 5. The number of aromatic nitrogens is 2. The van der Waals surface area contributed by atoms with Gasteiger partial charge >= 0.3 is 0 Å². The van der Waals surface area contributed by atoms with E-state index in [0.717, 1.165) is 64.4 Å². The third kappa shape index (κ3) is 5.99. The first-order valence-corrected chi connectivity index (χ1v) is 13.5. The molecular weight excluding hydrogens is 484 g/mol. The summed E-state index contributed by atoms with van der Waals surface area (Å²) in [5, 5.41) is 9.61. The number of nitrogens with one attached hydrogen (secondary N) is 3. The molecule has 1 aromatic heterocycles. The van der Waals surface area contributed by atoms with Crippen LogP contribution in [0.15, 0.2) is 36.1 Å². The number of rotatable bonds is 1. The lowest BCUT2D eigenvalue weighted by Crippen LogP contribution is -2.41. The number of carbonyl (C=O) groups is 2. The van der Waals surface area contributed by atoms with Gasteiger partial charge in [0.05, 0.1) is 24.4 Å². The van der Waals surface area contributed by atoms with Crippen LogP contribution in [-0.4, -0.2) is 103 Å². The summed E-state index contributed by atoms with van der Waals surface area (Å²) in [7, 11) is 4.00. The highest BCUT2D eigenvalue weighted by molar-refractivity contribution is 6.32. The van der Waals surface area contributed by atoms with Crippen molar-refractivity contribution in [1.82, 2.24) is 30.0 Å². The van der Waals surface area contributed by atoms with Crippen LogP contribution in [0.2, 0.25) is 0 Å². The van der Waals surface area contributed by atoms with Crippen molar-refractivity contribution in [2.45, 2.75) is 25.7 Å². The second-order valence-corrected chi connectivity index (χ2v) is 10.3. The first-order valence-electron chi connectivity index (χ1n) is 13.5. The Hall–Kier alpha value is -3.44. The number of fused-ring (bicyclic) bond motifs is 2. The van der Waals surface area contributed by atoms with Gasteiger partial charge in [0.2, 0.25) is 5.91 Å². The van der Waals surface area contributed by atoms with E-state index < -0.39 is 0 Å². The zero-order valence-corrected chi connectivity index (χ0v) is 22.3. The summed E-state index contributed by atoms with van der Waals surface area (Å²) in [6.07, 6.45) is 10.5. The van der Waals surface area contributed by atoms with Crippen LogP contribution in [0.5, 0.6) is 0 Å². The van der Waals surface area contributed by atoms with E-state index in [1.807, 2.05) is 7.05 Å². The van der Waals surface area contributed by atoms with Crippen LogP contribution in [0.25, 0.3) is 5.57 Å². The molecule has 38 heavy (non-hydrogen) atoms. The van der Waals surface area contributed by atoms with Gasteiger partial charge in [-0.2, -0.15) is 0 Å². The summed E-state index contributed by atoms with van der Waals surface area (Å²) >= 11 is 0. The van der Waals surface area contributed by atoms with Crippen LogP contribution in [0.1, 0.15) is 31.2 Å². The second kappa shape index (κ2) is 12.0. The summed E-state index contributed by atoms with van der Waals surface area (Å²) in [5.41, 5.74) is 3.55. The van der Waals surface area contributed by atoms with Gasteiger partial charge in [-0.05, 0) is 45.0 Å². The fraction of sp³-hybridized carbons (Fsp3) is 0.556. The SMILES string of the molecule is CN1CCCC(=O)N(C)CCCNc2ncnc3c2/C(=C/NC2=CC=C(N4CCOCC4)C(C2)C1)C(=O)N3. The average Bonchev–Trinajstić information content (AvgIpc) is 3.25. The van der Waals surface area contributed by atoms with Crippen molar-refractivity contribution in [2.24, 2.45) is 5.92 Å². The number of amides is 2. The molecule has 0 saturated carbocycles. The minimum absolute atomic E-state index is 0.167. The topological polar surface area (TPSA) is 115 Å². The fourth-order valence-corrected chi connectivity index (χ4v) is 5.48. The zero-order chi connectivity index (χ0) is 26.5. The van der Waals surface area contributed by atoms with Crippen LogP contribution >= 0.6 is 0 Å². The van der Waals surface area contributed by atoms with Crippen molar-refractivity contribution in [3.8, 4) is 0 Å². The summed E-state index contributed by atoms with van der Waals surface area (Å²) in [4.78, 5) is 40.8. The molecule has 11 heteroatoms. The van der Waals surface area contributed by atoms with E-state index in [9.17, 15) is 9.59 Å². The molecule has 0 aromatic carbocycles. The average molecular weight is 523 g/mol. The monoisotopic (exact) mass is 522 g/mol. The predicted molar refractivity (Wildman–Crippen MR) is 146 cm³/mol. The van der Waals surface area contributed by atoms with E-state index in [1.165, 1.54) is 12.0 Å². The molecule has 4 aliphatic rings. The number of ether oxygens (including phenoxy) is 1. The molecule has 1 unspecified atom stereocenters. The Kier molecular flexibility index (Phi) is 8.23. The molecule has 1 fully saturated rings. The van der Waals surface area contributed by atoms with Gasteiger partial charge in [0.1, 0.15) is 18.0 Å². The number of morpholine rings is 1. The second-order valence-electron chi connectivity index (χ2n) is 10.3. The number of carbonyl (C=O) groups excluding carboxylic acids is 2. The Morgan fingerprint density at radius 3 is 2.66 bits per heavy atom. The van der Waals surface area contributed by atoms with Crippen molar-refractivity contribution < 1.29 is 14.3 Å². The van der Waals surface area contributed by atoms with E-state index in [-0.39, 0.29) is 17.7 Å². The minimum Gasteiger partial charge on any atom is -0.378 e. The third-order valence-electron chi connectivity index (χ3n) is 7.56. The largest absolute Gasteiger partial charge is 0.378 e. The lowest BCUT2D eigenvalue weighted by atomic mass is 9.92. The molecule has 1 saturated heterocycles. The van der Waals surface area contributed by atoms with E-state index in [4.69, 9.17) is 4.74 Å². The van der Waals surface area contributed by atoms with Crippen molar-refractivity contribution in [3.05, 3.63) is 41.6 Å². The molecule has 3 N–H and O–H groups in total. The Morgan fingerprint density at radius 1 is 1.00 bits per heavy atom. The standard InChI is InChI=1S/C27H38N8O3/c1-33-9-3-5-23(36)34(2)10-4-8-28-25-24-21(27(37)32-26(24)31-18-30-25)16-29-20-6-7-22(19(15-20)17-33)35-11-13-38-14-12-35/h6-7,16,18-19,29H,3-5,8-15,17H2,1-2H3,(H2,28,30,31,32,37)/b21-16-. The molecular formula is C27H38N8O3. The van der Waals surface area contributed by atoms with Crippen LogP contribution in [-0.2, 0) is 14.3 Å². The lowest BCUT2D eigenvalue weighted by Gasteiger charge is -2.38. The molecule has 1 aliphatic carbocycles. The molecule has 2 amide bonds. The van der Waals surface area contributed by atoms with Gasteiger partial charge in [0.25, 0.3) is 5.91 Å². The molecule has 2 bridgehead atoms. The first-order chi connectivity index (χ1) is 18.5. The van der Waals surface area contributed by atoms with Gasteiger partial charge < -0.3 is 35.4 Å². The minimum atomic E-state index is -0.204. The van der Waals surface area contributed by atoms with Crippen molar-refractivity contribution in [1.29, 1.82) is 0 Å². The quantitative estimate of drug-likeness (QED) is 0.504. The smallest absolute Gasteiger partial charge is 0.259 e. The van der Waals surface area contributed by atoms with E-state index in [0.29, 0.717) is 42.3 Å². The summed E-state index contributed by atoms with van der Waals surface area (Å²) in [6, 6.07) is 0. The fourth-order valence-electron chi connectivity index (χ4n) is 5.48. The molecule has 5 rings (SSSR count). The highest BCUT2D eigenvalue weighted by atomic mass is 16.5. The number of hydrogen-bond donors (Lipinski definition) is 3. The van der Waals surface area contributed by atoms with Gasteiger partial charge in [0.15, 0.2) is 0 Å². The highest BCUT2D eigenvalue weighted by Gasteiger charge is 2.30. The number of anilines is 2. The van der Waals surface area contributed by atoms with Gasteiger partial charge in [-0.1, -0.05) is 0 Å². The summed E-state index contributed by atoms with van der Waals surface area (Å²) in [5.74, 6) is 1.37. The zero-order valence-electron chi connectivity index (χ0n) is 22.3. The van der Waals surface area contributed by atoms with Crippen LogP contribution in [0.4, 0.5) is 11.6 Å². The normalized spacial score (nSPS) is 25.3. The van der Waals surface area contributed by atoms with Gasteiger partial charge in [-0.15, -0.1) is 0 Å². The number of hydrogen-bond acceptors (Lipinski definition) is 9. The molecule has 1 aromatic rings. The lowest BCUT2D eigenvalue weighted by molar-refractivity contribution is -0.130. The van der Waals surface area contributed by atoms with Gasteiger partial charge in [-0.25, -0.2) is 9.97 Å². The van der Waals surface area contributed by atoms with E-state index in [2.05, 4.69) is 54.9 Å². The maximum atomic E-state index is 12.8. The molecule has 11 nitrogen and oxygen atoms in total. The maximum absolute atomic E-state index is 12.8. The Labute approximate surface area is 224 Å². The van der Waals surface area contributed by atoms with Crippen molar-refractivity contribution in [3.63, 3.8) is 0 Å². The molecule has 3 aliphatic heterocycles. The molecule has 0 radical (unpaired) electrons. The summed E-state index contributed by atoms with van der Waals surface area (Å²) in [6.45, 7) is 6.28. The Morgan fingerprint density at radius 2 is 1.82 bits per heavy atom. The molecule has 4 heterocycles. The summed E-state index contributed by atoms with van der Waals surface area (Å²) < 4.78 is 5.59. The molecule has 204 valence electrons. The van der Waals surface area contributed by atoms with Crippen LogP contribution < -0.4 is 16.0 Å². The molecule has 0 spiro atoms. The van der Waals surface area contributed by atoms with E-state index in [1.54, 1.807) is 11.1 Å². The maximum Gasteiger partial charge on any atom is 0.259 e. The van der Waals surface area contributed by atoms with Crippen molar-refractivity contribution in [2.75, 3.05) is 77.2 Å².